The van der Waals surface area contributed by atoms with Crippen LogP contribution in [0.15, 0.2) is 24.3 Å². The Morgan fingerprint density at radius 2 is 1.93 bits per heavy atom. The van der Waals surface area contributed by atoms with Gasteiger partial charge in [-0.05, 0) is 36.5 Å². The van der Waals surface area contributed by atoms with E-state index in [4.69, 9.17) is 11.6 Å². The third kappa shape index (κ3) is 4.25. The second-order valence-corrected chi connectivity index (χ2v) is 4.62. The lowest BCUT2D eigenvalue weighted by Crippen LogP contribution is -1.98. The molecule has 1 atom stereocenters. The van der Waals surface area contributed by atoms with Crippen LogP contribution in [0.25, 0.3) is 0 Å². The van der Waals surface area contributed by atoms with Gasteiger partial charge in [0.15, 0.2) is 0 Å². The third-order valence-electron chi connectivity index (χ3n) is 2.86. The third-order valence-corrected chi connectivity index (χ3v) is 3.10. The Morgan fingerprint density at radius 3 is 2.53 bits per heavy atom. The van der Waals surface area contributed by atoms with Crippen LogP contribution in [-0.2, 0) is 0 Å². The van der Waals surface area contributed by atoms with Gasteiger partial charge in [0.05, 0.1) is 0 Å². The lowest BCUT2D eigenvalue weighted by Gasteiger charge is -2.16. The number of benzene rings is 1. The molecule has 0 heterocycles. The first-order chi connectivity index (χ1) is 7.27. The Labute approximate surface area is 98.7 Å². The van der Waals surface area contributed by atoms with E-state index in [0.29, 0.717) is 5.92 Å². The SMILES string of the molecule is CCCCC(CCC)c1cccc(Cl)c1. The van der Waals surface area contributed by atoms with Crippen molar-refractivity contribution in [3.8, 4) is 0 Å². The molecule has 0 spiro atoms. The molecule has 1 aromatic carbocycles. The maximum Gasteiger partial charge on any atom is 0.0408 e. The van der Waals surface area contributed by atoms with Crippen LogP contribution in [-0.4, -0.2) is 0 Å². The highest BCUT2D eigenvalue weighted by molar-refractivity contribution is 6.30. The van der Waals surface area contributed by atoms with Gasteiger partial charge < -0.3 is 0 Å². The van der Waals surface area contributed by atoms with Crippen molar-refractivity contribution in [2.24, 2.45) is 0 Å². The lowest BCUT2D eigenvalue weighted by molar-refractivity contribution is 0.541. The minimum Gasteiger partial charge on any atom is -0.0843 e. The molecule has 0 N–H and O–H groups in total. The van der Waals surface area contributed by atoms with E-state index < -0.39 is 0 Å². The van der Waals surface area contributed by atoms with Gasteiger partial charge in [0.1, 0.15) is 0 Å². The molecule has 0 nitrogen and oxygen atoms in total. The zero-order valence-electron chi connectivity index (χ0n) is 9.80. The molecule has 1 aromatic rings. The van der Waals surface area contributed by atoms with Gasteiger partial charge in [0.25, 0.3) is 0 Å². The molecular weight excluding hydrogens is 204 g/mol. The smallest absolute Gasteiger partial charge is 0.0408 e. The summed E-state index contributed by atoms with van der Waals surface area (Å²) in [5, 5.41) is 0.866. The van der Waals surface area contributed by atoms with Crippen molar-refractivity contribution < 1.29 is 0 Å². The van der Waals surface area contributed by atoms with Crippen molar-refractivity contribution in [2.45, 2.75) is 51.9 Å². The predicted octanol–water partition coefficient (Wildman–Crippen LogP) is 5.41. The maximum atomic E-state index is 6.02. The van der Waals surface area contributed by atoms with Crippen molar-refractivity contribution in [3.63, 3.8) is 0 Å². The Hall–Kier alpha value is -0.490. The molecule has 0 aliphatic heterocycles. The van der Waals surface area contributed by atoms with Crippen LogP contribution in [0.5, 0.6) is 0 Å². The lowest BCUT2D eigenvalue weighted by atomic mass is 9.90. The van der Waals surface area contributed by atoms with E-state index in [-0.39, 0.29) is 0 Å². The van der Waals surface area contributed by atoms with Gasteiger partial charge in [-0.15, -0.1) is 0 Å². The van der Waals surface area contributed by atoms with Gasteiger partial charge in [-0.1, -0.05) is 56.8 Å². The molecule has 0 aliphatic carbocycles. The monoisotopic (exact) mass is 224 g/mol. The number of halogens is 1. The fourth-order valence-corrected chi connectivity index (χ4v) is 2.24. The van der Waals surface area contributed by atoms with Gasteiger partial charge in [-0.2, -0.15) is 0 Å². The van der Waals surface area contributed by atoms with Gasteiger partial charge >= 0.3 is 0 Å². The molecule has 0 bridgehead atoms. The van der Waals surface area contributed by atoms with E-state index in [0.717, 1.165) is 5.02 Å². The minimum absolute atomic E-state index is 0.702. The molecule has 0 aliphatic rings. The highest BCUT2D eigenvalue weighted by Crippen LogP contribution is 2.28. The van der Waals surface area contributed by atoms with E-state index in [9.17, 15) is 0 Å². The number of rotatable bonds is 6. The summed E-state index contributed by atoms with van der Waals surface area (Å²) in [6.45, 7) is 4.50. The minimum atomic E-state index is 0.702. The second-order valence-electron chi connectivity index (χ2n) is 4.18. The summed E-state index contributed by atoms with van der Waals surface area (Å²) in [5.74, 6) is 0.702. The van der Waals surface area contributed by atoms with Crippen LogP contribution in [0.1, 0.15) is 57.4 Å². The Balaban J connectivity index is 2.69. The number of hydrogen-bond donors (Lipinski definition) is 0. The predicted molar refractivity (Wildman–Crippen MR) is 68.6 cm³/mol. The highest BCUT2D eigenvalue weighted by Gasteiger charge is 2.09. The van der Waals surface area contributed by atoms with Gasteiger partial charge in [-0.25, -0.2) is 0 Å². The van der Waals surface area contributed by atoms with Crippen LogP contribution >= 0.6 is 11.6 Å². The Morgan fingerprint density at radius 1 is 1.13 bits per heavy atom. The van der Waals surface area contributed by atoms with E-state index >= 15 is 0 Å². The van der Waals surface area contributed by atoms with Crippen molar-refractivity contribution >= 4 is 11.6 Å². The van der Waals surface area contributed by atoms with Crippen LogP contribution in [0.3, 0.4) is 0 Å². The molecule has 1 heteroatoms. The molecule has 84 valence electrons. The molecule has 1 unspecified atom stereocenters. The van der Waals surface area contributed by atoms with E-state index in [1.807, 2.05) is 6.07 Å². The maximum absolute atomic E-state index is 6.02. The summed E-state index contributed by atoms with van der Waals surface area (Å²) in [6.07, 6.45) is 6.42. The van der Waals surface area contributed by atoms with Gasteiger partial charge in [0.2, 0.25) is 0 Å². The van der Waals surface area contributed by atoms with E-state index in [2.05, 4.69) is 32.0 Å². The topological polar surface area (TPSA) is 0 Å². The largest absolute Gasteiger partial charge is 0.0843 e. The van der Waals surface area contributed by atoms with E-state index in [1.165, 1.54) is 37.7 Å². The molecule has 0 saturated heterocycles. The second kappa shape index (κ2) is 6.90. The highest BCUT2D eigenvalue weighted by atomic mass is 35.5. The summed E-state index contributed by atoms with van der Waals surface area (Å²) in [6, 6.07) is 8.35. The quantitative estimate of drug-likeness (QED) is 0.606. The van der Waals surface area contributed by atoms with E-state index in [1.54, 1.807) is 0 Å². The zero-order valence-corrected chi connectivity index (χ0v) is 10.6. The summed E-state index contributed by atoms with van der Waals surface area (Å²) >= 11 is 6.02. The molecule has 0 radical (unpaired) electrons. The van der Waals surface area contributed by atoms with Crippen molar-refractivity contribution in [2.75, 3.05) is 0 Å². The van der Waals surface area contributed by atoms with Crippen LogP contribution < -0.4 is 0 Å². The Bertz CT molecular complexity index is 280. The number of unbranched alkanes of at least 4 members (excludes halogenated alkanes) is 1. The molecule has 0 amide bonds. The first kappa shape index (κ1) is 12.6. The zero-order chi connectivity index (χ0) is 11.1. The van der Waals surface area contributed by atoms with Crippen LogP contribution in [0.4, 0.5) is 0 Å². The summed E-state index contributed by atoms with van der Waals surface area (Å²) < 4.78 is 0. The first-order valence-corrected chi connectivity index (χ1v) is 6.41. The summed E-state index contributed by atoms with van der Waals surface area (Å²) in [7, 11) is 0. The van der Waals surface area contributed by atoms with Gasteiger partial charge in [0, 0.05) is 5.02 Å². The van der Waals surface area contributed by atoms with Crippen molar-refractivity contribution in [1.29, 1.82) is 0 Å². The average Bonchev–Trinajstić information content (AvgIpc) is 2.24. The molecular formula is C14H21Cl. The Kier molecular flexibility index (Phi) is 5.78. The fourth-order valence-electron chi connectivity index (χ4n) is 2.04. The summed E-state index contributed by atoms with van der Waals surface area (Å²) in [5.41, 5.74) is 1.41. The molecule has 1 rings (SSSR count). The van der Waals surface area contributed by atoms with Gasteiger partial charge in [-0.3, -0.25) is 0 Å². The normalized spacial score (nSPS) is 12.7. The standard InChI is InChI=1S/C14H21Cl/c1-3-5-8-12(7-4-2)13-9-6-10-14(15)11-13/h6,9-12H,3-5,7-8H2,1-2H3. The summed E-state index contributed by atoms with van der Waals surface area (Å²) in [4.78, 5) is 0. The molecule has 0 aromatic heterocycles. The number of hydrogen-bond acceptors (Lipinski definition) is 0. The first-order valence-electron chi connectivity index (χ1n) is 6.03. The van der Waals surface area contributed by atoms with Crippen molar-refractivity contribution in [1.82, 2.24) is 0 Å². The molecule has 15 heavy (non-hydrogen) atoms. The fraction of sp³-hybridized carbons (Fsp3) is 0.571. The molecule has 0 fully saturated rings. The average molecular weight is 225 g/mol. The van der Waals surface area contributed by atoms with Crippen LogP contribution in [0, 0.1) is 0 Å². The molecule has 0 saturated carbocycles. The van der Waals surface area contributed by atoms with Crippen molar-refractivity contribution in [3.05, 3.63) is 34.9 Å². The van der Waals surface area contributed by atoms with Crippen LogP contribution in [0.2, 0.25) is 5.02 Å².